The molecule has 0 aliphatic rings. The molecule has 1 aromatic heterocycles. The Kier molecular flexibility index (Phi) is 4.21. The fourth-order valence-corrected chi connectivity index (χ4v) is 6.08. The summed E-state index contributed by atoms with van der Waals surface area (Å²) in [6.45, 7) is 0. The molecule has 0 aliphatic heterocycles. The molecule has 0 amide bonds. The molecule has 26 heavy (non-hydrogen) atoms. The zero-order valence-electron chi connectivity index (χ0n) is 14.1. The average molecular weight is 356 g/mol. The van der Waals surface area contributed by atoms with E-state index >= 15 is 0 Å². The lowest BCUT2D eigenvalue weighted by atomic mass is 10.1. The molecule has 0 unspecified atom stereocenters. The van der Waals surface area contributed by atoms with Gasteiger partial charge in [-0.3, -0.25) is 8.90 Å². The number of nitriles is 1. The van der Waals surface area contributed by atoms with Crippen LogP contribution in [0, 0.1) is 11.3 Å². The molecule has 0 saturated carbocycles. The molecule has 0 spiro atoms. The van der Waals surface area contributed by atoms with Crippen LogP contribution in [-0.2, 0) is 11.0 Å². The summed E-state index contributed by atoms with van der Waals surface area (Å²) in [6, 6.07) is 29.2. The van der Waals surface area contributed by atoms with Gasteiger partial charge in [-0.15, -0.1) is 0 Å². The number of aromatic nitrogens is 1. The van der Waals surface area contributed by atoms with Gasteiger partial charge in [-0.1, -0.05) is 54.6 Å². The summed E-state index contributed by atoms with van der Waals surface area (Å²) < 4.78 is 16.4. The van der Waals surface area contributed by atoms with Gasteiger partial charge in [-0.25, -0.2) is 0 Å². The standard InChI is InChI=1S/C22H17N2OP/c23-16-15-18-17-24(22-14-8-7-13-21(18)22)26(25,19-9-3-1-4-10-19)20-11-5-2-6-12-20/h1-14,17H,15H2. The highest BCUT2D eigenvalue weighted by atomic mass is 31.2. The second-order valence-corrected chi connectivity index (χ2v) is 8.71. The minimum Gasteiger partial charge on any atom is -0.290 e. The second-order valence-electron chi connectivity index (χ2n) is 6.10. The van der Waals surface area contributed by atoms with Gasteiger partial charge in [0.25, 0.3) is 0 Å². The Morgan fingerprint density at radius 3 is 1.92 bits per heavy atom. The fourth-order valence-electron chi connectivity index (χ4n) is 3.35. The predicted molar refractivity (Wildman–Crippen MR) is 106 cm³/mol. The molecule has 0 bridgehead atoms. The number of benzene rings is 3. The number of rotatable bonds is 4. The SMILES string of the molecule is N#CCc1cn(P(=O)(c2ccccc2)c2ccccc2)c2ccccc12. The smallest absolute Gasteiger partial charge is 0.233 e. The van der Waals surface area contributed by atoms with Crippen molar-refractivity contribution in [3.05, 3.63) is 96.7 Å². The molecule has 0 N–H and O–H groups in total. The lowest BCUT2D eigenvalue weighted by Crippen LogP contribution is -2.21. The summed E-state index contributed by atoms with van der Waals surface area (Å²) >= 11 is 0. The van der Waals surface area contributed by atoms with Crippen LogP contribution in [0.15, 0.2) is 91.1 Å². The van der Waals surface area contributed by atoms with Gasteiger partial charge in [0, 0.05) is 22.2 Å². The van der Waals surface area contributed by atoms with E-state index in [0.717, 1.165) is 27.1 Å². The first kappa shape index (κ1) is 16.4. The van der Waals surface area contributed by atoms with E-state index in [9.17, 15) is 9.83 Å². The summed E-state index contributed by atoms with van der Waals surface area (Å²) in [4.78, 5) is 0. The largest absolute Gasteiger partial charge is 0.290 e. The van der Waals surface area contributed by atoms with Crippen molar-refractivity contribution in [3.63, 3.8) is 0 Å². The number of para-hydroxylation sites is 1. The molecular formula is C22H17N2OP. The van der Waals surface area contributed by atoms with E-state index < -0.39 is 7.29 Å². The summed E-state index contributed by atoms with van der Waals surface area (Å²) in [6.07, 6.45) is 2.17. The van der Waals surface area contributed by atoms with Crippen LogP contribution >= 0.6 is 7.29 Å². The molecule has 0 fully saturated rings. The van der Waals surface area contributed by atoms with Crippen molar-refractivity contribution in [2.24, 2.45) is 0 Å². The summed E-state index contributed by atoms with van der Waals surface area (Å²) in [5.74, 6) is 0. The first-order chi connectivity index (χ1) is 12.7. The molecule has 0 atom stereocenters. The Bertz CT molecular complexity index is 1100. The predicted octanol–water partition coefficient (Wildman–Crippen LogP) is 4.48. The van der Waals surface area contributed by atoms with E-state index in [4.69, 9.17) is 0 Å². The van der Waals surface area contributed by atoms with Crippen LogP contribution in [0.1, 0.15) is 5.56 Å². The van der Waals surface area contributed by atoms with Crippen LogP contribution in [0.5, 0.6) is 0 Å². The van der Waals surface area contributed by atoms with Crippen LogP contribution in [-0.4, -0.2) is 4.34 Å². The summed E-state index contributed by atoms with van der Waals surface area (Å²) in [7, 11) is -3.12. The zero-order valence-corrected chi connectivity index (χ0v) is 15.0. The van der Waals surface area contributed by atoms with Crippen molar-refractivity contribution in [2.45, 2.75) is 6.42 Å². The minimum atomic E-state index is -3.12. The van der Waals surface area contributed by atoms with E-state index in [0.29, 0.717) is 0 Å². The Balaban J connectivity index is 2.08. The number of hydrogen-bond donors (Lipinski definition) is 0. The number of nitrogens with zero attached hydrogens (tertiary/aromatic N) is 2. The molecular weight excluding hydrogens is 339 g/mol. The second kappa shape index (κ2) is 6.67. The Morgan fingerprint density at radius 1 is 0.808 bits per heavy atom. The van der Waals surface area contributed by atoms with Crippen molar-refractivity contribution in [1.29, 1.82) is 5.26 Å². The third kappa shape index (κ3) is 2.56. The fraction of sp³-hybridized carbons (Fsp3) is 0.0455. The molecule has 0 saturated heterocycles. The van der Waals surface area contributed by atoms with Crippen LogP contribution in [0.4, 0.5) is 0 Å². The molecule has 4 heteroatoms. The molecule has 0 aliphatic carbocycles. The highest BCUT2D eigenvalue weighted by Gasteiger charge is 2.31. The van der Waals surface area contributed by atoms with E-state index in [1.54, 1.807) is 0 Å². The van der Waals surface area contributed by atoms with Gasteiger partial charge in [-0.05, 0) is 35.9 Å². The number of fused-ring (bicyclic) bond motifs is 1. The maximum atomic E-state index is 14.5. The molecule has 4 aromatic rings. The molecule has 1 heterocycles. The van der Waals surface area contributed by atoms with Gasteiger partial charge in [0.15, 0.2) is 0 Å². The average Bonchev–Trinajstić information content (AvgIpc) is 3.08. The molecule has 126 valence electrons. The first-order valence-corrected chi connectivity index (χ1v) is 10.1. The maximum absolute atomic E-state index is 14.5. The third-order valence-corrected chi connectivity index (χ3v) is 7.49. The van der Waals surface area contributed by atoms with Gasteiger partial charge in [0.1, 0.15) is 0 Å². The van der Waals surface area contributed by atoms with Crippen molar-refractivity contribution in [1.82, 2.24) is 4.34 Å². The van der Waals surface area contributed by atoms with Gasteiger partial charge < -0.3 is 0 Å². The Morgan fingerprint density at radius 2 is 1.35 bits per heavy atom. The monoisotopic (exact) mass is 356 g/mol. The van der Waals surface area contributed by atoms with Crippen molar-refractivity contribution in [3.8, 4) is 6.07 Å². The lowest BCUT2D eigenvalue weighted by Gasteiger charge is -2.22. The van der Waals surface area contributed by atoms with Crippen LogP contribution in [0.2, 0.25) is 0 Å². The normalized spacial score (nSPS) is 11.3. The topological polar surface area (TPSA) is 45.8 Å². The highest BCUT2D eigenvalue weighted by molar-refractivity contribution is 7.77. The van der Waals surface area contributed by atoms with Crippen LogP contribution in [0.3, 0.4) is 0 Å². The van der Waals surface area contributed by atoms with Crippen molar-refractivity contribution in [2.75, 3.05) is 0 Å². The molecule has 0 radical (unpaired) electrons. The zero-order chi connectivity index (χ0) is 18.0. The van der Waals surface area contributed by atoms with Gasteiger partial charge in [0.2, 0.25) is 7.29 Å². The lowest BCUT2D eigenvalue weighted by molar-refractivity contribution is 0.582. The Labute approximate surface area is 152 Å². The maximum Gasteiger partial charge on any atom is 0.233 e. The quantitative estimate of drug-likeness (QED) is 0.506. The van der Waals surface area contributed by atoms with Gasteiger partial charge in [0.05, 0.1) is 18.0 Å². The van der Waals surface area contributed by atoms with Gasteiger partial charge >= 0.3 is 0 Å². The van der Waals surface area contributed by atoms with Crippen molar-refractivity contribution >= 4 is 28.8 Å². The third-order valence-electron chi connectivity index (χ3n) is 4.56. The van der Waals surface area contributed by atoms with E-state index in [1.165, 1.54) is 0 Å². The molecule has 3 nitrogen and oxygen atoms in total. The van der Waals surface area contributed by atoms with E-state index in [-0.39, 0.29) is 6.42 Å². The summed E-state index contributed by atoms with van der Waals surface area (Å²) in [5.41, 5.74) is 1.78. The number of hydrogen-bond acceptors (Lipinski definition) is 2. The molecule has 4 rings (SSSR count). The van der Waals surface area contributed by atoms with E-state index in [1.807, 2.05) is 95.5 Å². The molecule has 3 aromatic carbocycles. The van der Waals surface area contributed by atoms with Crippen LogP contribution in [0.25, 0.3) is 10.9 Å². The van der Waals surface area contributed by atoms with E-state index in [2.05, 4.69) is 6.07 Å². The van der Waals surface area contributed by atoms with Crippen LogP contribution < -0.4 is 10.6 Å². The summed E-state index contributed by atoms with van der Waals surface area (Å²) in [5, 5.41) is 11.7. The van der Waals surface area contributed by atoms with Crippen molar-refractivity contribution < 1.29 is 4.57 Å². The highest BCUT2D eigenvalue weighted by Crippen LogP contribution is 2.48. The Hall–Kier alpha value is -3.08. The first-order valence-electron chi connectivity index (χ1n) is 8.43. The minimum absolute atomic E-state index is 0.289. The van der Waals surface area contributed by atoms with Gasteiger partial charge in [-0.2, -0.15) is 5.26 Å².